The highest BCUT2D eigenvalue weighted by atomic mass is 16.6. The molecule has 0 bridgehead atoms. The smallest absolute Gasteiger partial charge is 0.357 e. The number of pyridine rings is 1. The molecular weight excluding hydrogens is 522 g/mol. The molecule has 1 aromatic carbocycles. The molecule has 216 valence electrons. The number of esters is 1. The van der Waals surface area contributed by atoms with Gasteiger partial charge in [-0.05, 0) is 51.5 Å². The molecule has 0 radical (unpaired) electrons. The predicted octanol–water partition coefficient (Wildman–Crippen LogP) is 3.16. The number of morpholine rings is 1. The molecule has 2 aliphatic rings. The van der Waals surface area contributed by atoms with Crippen LogP contribution in [0.4, 0.5) is 5.69 Å². The van der Waals surface area contributed by atoms with Gasteiger partial charge in [-0.25, -0.2) is 19.6 Å². The van der Waals surface area contributed by atoms with Gasteiger partial charge in [-0.2, -0.15) is 0 Å². The molecule has 0 spiro atoms. The van der Waals surface area contributed by atoms with Crippen molar-refractivity contribution < 1.29 is 14.3 Å². The molecule has 5 heterocycles. The molecule has 11 heteroatoms. The van der Waals surface area contributed by atoms with E-state index in [1.807, 2.05) is 67.3 Å². The Morgan fingerprint density at radius 1 is 1.05 bits per heavy atom. The van der Waals surface area contributed by atoms with E-state index in [0.29, 0.717) is 37.6 Å². The Morgan fingerprint density at radius 2 is 1.80 bits per heavy atom. The van der Waals surface area contributed by atoms with Crippen LogP contribution in [0.1, 0.15) is 49.5 Å². The second-order valence-corrected chi connectivity index (χ2v) is 11.7. The quantitative estimate of drug-likeness (QED) is 0.332. The molecule has 0 saturated carbocycles. The van der Waals surface area contributed by atoms with Gasteiger partial charge in [0.2, 0.25) is 0 Å². The lowest BCUT2D eigenvalue weighted by atomic mass is 10.2. The maximum absolute atomic E-state index is 14.2. The minimum Gasteiger partial charge on any atom is -0.455 e. The van der Waals surface area contributed by atoms with Gasteiger partial charge in [0.05, 0.1) is 48.9 Å². The van der Waals surface area contributed by atoms with Crippen molar-refractivity contribution in [2.24, 2.45) is 7.05 Å². The minimum atomic E-state index is -0.577. The Bertz CT molecular complexity index is 1620. The van der Waals surface area contributed by atoms with E-state index in [1.54, 1.807) is 17.0 Å². The average Bonchev–Trinajstić information content (AvgIpc) is 3.64. The van der Waals surface area contributed by atoms with Crippen LogP contribution in [-0.4, -0.2) is 79.5 Å². The molecule has 0 aliphatic carbocycles. The van der Waals surface area contributed by atoms with Gasteiger partial charge >= 0.3 is 11.7 Å². The van der Waals surface area contributed by atoms with Crippen molar-refractivity contribution in [3.63, 3.8) is 0 Å². The summed E-state index contributed by atoms with van der Waals surface area (Å²) in [5.41, 5.74) is 3.11. The van der Waals surface area contributed by atoms with Crippen LogP contribution in [0.2, 0.25) is 0 Å². The molecule has 0 amide bonds. The summed E-state index contributed by atoms with van der Waals surface area (Å²) in [4.78, 5) is 40.5. The zero-order valence-corrected chi connectivity index (χ0v) is 24.1. The van der Waals surface area contributed by atoms with Gasteiger partial charge in [0.25, 0.3) is 0 Å². The number of anilines is 1. The number of benzene rings is 1. The van der Waals surface area contributed by atoms with Crippen LogP contribution in [0, 0.1) is 0 Å². The van der Waals surface area contributed by atoms with E-state index in [2.05, 4.69) is 25.8 Å². The van der Waals surface area contributed by atoms with Crippen molar-refractivity contribution in [2.75, 3.05) is 44.3 Å². The number of imidazole rings is 2. The first kappa shape index (κ1) is 27.2. The molecule has 1 atom stereocenters. The van der Waals surface area contributed by atoms with E-state index in [4.69, 9.17) is 9.47 Å². The molecule has 2 saturated heterocycles. The van der Waals surface area contributed by atoms with Crippen molar-refractivity contribution in [3.05, 3.63) is 70.8 Å². The van der Waals surface area contributed by atoms with Gasteiger partial charge in [0.1, 0.15) is 17.1 Å². The van der Waals surface area contributed by atoms with Crippen LogP contribution in [0.25, 0.3) is 16.9 Å². The first-order valence-electron chi connectivity index (χ1n) is 14.2. The van der Waals surface area contributed by atoms with Crippen molar-refractivity contribution in [2.45, 2.75) is 45.4 Å². The lowest BCUT2D eigenvalue weighted by molar-refractivity contribution is 0.00583. The van der Waals surface area contributed by atoms with Gasteiger partial charge in [0, 0.05) is 39.4 Å². The summed E-state index contributed by atoms with van der Waals surface area (Å²) < 4.78 is 16.6. The van der Waals surface area contributed by atoms with E-state index in [0.717, 1.165) is 48.8 Å². The number of ether oxygens (including phenoxy) is 2. The fourth-order valence-corrected chi connectivity index (χ4v) is 5.82. The van der Waals surface area contributed by atoms with Gasteiger partial charge in [-0.15, -0.1) is 0 Å². The summed E-state index contributed by atoms with van der Waals surface area (Å²) in [6, 6.07) is 11.9. The Kier molecular flexibility index (Phi) is 7.16. The van der Waals surface area contributed by atoms with Crippen molar-refractivity contribution in [3.8, 4) is 5.69 Å². The van der Waals surface area contributed by atoms with Gasteiger partial charge < -0.3 is 18.9 Å². The van der Waals surface area contributed by atoms with E-state index in [9.17, 15) is 9.59 Å². The van der Waals surface area contributed by atoms with Crippen molar-refractivity contribution >= 4 is 22.8 Å². The van der Waals surface area contributed by atoms with Crippen molar-refractivity contribution in [1.29, 1.82) is 0 Å². The number of hydrogen-bond acceptors (Lipinski definition) is 8. The first-order chi connectivity index (χ1) is 19.7. The molecule has 0 N–H and O–H groups in total. The Hall–Kier alpha value is -3.96. The predicted molar refractivity (Wildman–Crippen MR) is 156 cm³/mol. The zero-order chi connectivity index (χ0) is 28.7. The second kappa shape index (κ2) is 10.8. The van der Waals surface area contributed by atoms with E-state index in [1.165, 1.54) is 0 Å². The molecule has 6 rings (SSSR count). The molecule has 2 fully saturated rings. The number of likely N-dealkylation sites (tertiary alicyclic amines) is 1. The monoisotopic (exact) mass is 559 g/mol. The molecular formula is C30H37N7O4. The van der Waals surface area contributed by atoms with Crippen LogP contribution in [0.3, 0.4) is 0 Å². The van der Waals surface area contributed by atoms with Crippen LogP contribution in [0.5, 0.6) is 0 Å². The fourth-order valence-electron chi connectivity index (χ4n) is 5.82. The topological polar surface area (TPSA) is 99.7 Å². The zero-order valence-electron chi connectivity index (χ0n) is 24.1. The number of hydrogen-bond donors (Lipinski definition) is 0. The SMILES string of the molecule is Cn1c(C(=O)OC(C)(C)C)cnc1CN1CCC(n2c(=O)n(-c3ccccc3N3CCOCC3)c3cccnc32)C1. The number of nitrogens with zero attached hydrogens (tertiary/aromatic N) is 7. The average molecular weight is 560 g/mol. The standard InChI is InChI=1S/C30H37N7O4/c1-30(2,3)41-28(38)25-18-32-26(33(25)4)20-34-13-11-21(19-34)36-27-24(10-7-12-31-27)37(29(36)39)23-9-6-5-8-22(23)35-14-16-40-17-15-35/h5-10,12,18,21H,11,13-17,19-20H2,1-4H3. The minimum absolute atomic E-state index is 0.0395. The van der Waals surface area contributed by atoms with Gasteiger partial charge in [-0.3, -0.25) is 14.0 Å². The number of rotatable bonds is 6. The number of carbonyl (C=O) groups is 1. The lowest BCUT2D eigenvalue weighted by Crippen LogP contribution is -2.37. The maximum atomic E-state index is 14.2. The third-order valence-corrected chi connectivity index (χ3v) is 7.78. The number of aromatic nitrogens is 5. The van der Waals surface area contributed by atoms with E-state index >= 15 is 0 Å². The number of carbonyl (C=O) groups excluding carboxylic acids is 1. The van der Waals surface area contributed by atoms with E-state index < -0.39 is 5.60 Å². The Morgan fingerprint density at radius 3 is 2.56 bits per heavy atom. The van der Waals surface area contributed by atoms with Crippen LogP contribution >= 0.6 is 0 Å². The molecule has 2 aliphatic heterocycles. The third kappa shape index (κ3) is 5.27. The number of fused-ring (bicyclic) bond motifs is 1. The van der Waals surface area contributed by atoms with Crippen LogP contribution < -0.4 is 10.6 Å². The molecule has 3 aromatic heterocycles. The normalized spacial score (nSPS) is 18.3. The Labute approximate surface area is 238 Å². The molecule has 41 heavy (non-hydrogen) atoms. The first-order valence-corrected chi connectivity index (χ1v) is 14.2. The third-order valence-electron chi connectivity index (χ3n) is 7.78. The maximum Gasteiger partial charge on any atom is 0.357 e. The van der Waals surface area contributed by atoms with Gasteiger partial charge in [-0.1, -0.05) is 12.1 Å². The summed E-state index contributed by atoms with van der Waals surface area (Å²) in [5, 5.41) is 0. The summed E-state index contributed by atoms with van der Waals surface area (Å²) in [6.45, 7) is 10.5. The van der Waals surface area contributed by atoms with Crippen LogP contribution in [0.15, 0.2) is 53.6 Å². The van der Waals surface area contributed by atoms with Crippen LogP contribution in [-0.2, 0) is 23.1 Å². The summed E-state index contributed by atoms with van der Waals surface area (Å²) in [5.74, 6) is 0.389. The largest absolute Gasteiger partial charge is 0.455 e. The highest BCUT2D eigenvalue weighted by molar-refractivity contribution is 5.87. The highest BCUT2D eigenvalue weighted by Crippen LogP contribution is 2.30. The fraction of sp³-hybridized carbons (Fsp3) is 0.467. The van der Waals surface area contributed by atoms with Crippen molar-refractivity contribution in [1.82, 2.24) is 28.6 Å². The second-order valence-electron chi connectivity index (χ2n) is 11.7. The Balaban J connectivity index is 1.28. The lowest BCUT2D eigenvalue weighted by Gasteiger charge is -2.30. The van der Waals surface area contributed by atoms with E-state index in [-0.39, 0.29) is 17.7 Å². The molecule has 4 aromatic rings. The summed E-state index contributed by atoms with van der Waals surface area (Å²) >= 11 is 0. The highest BCUT2D eigenvalue weighted by Gasteiger charge is 2.31. The van der Waals surface area contributed by atoms with Gasteiger partial charge in [0.15, 0.2) is 5.65 Å². The molecule has 1 unspecified atom stereocenters. The summed E-state index contributed by atoms with van der Waals surface area (Å²) in [7, 11) is 1.84. The molecule has 11 nitrogen and oxygen atoms in total. The summed E-state index contributed by atoms with van der Waals surface area (Å²) in [6.07, 6.45) is 4.13. The number of para-hydroxylation sites is 2.